The maximum atomic E-state index is 12.8. The Bertz CT molecular complexity index is 1390. The quantitative estimate of drug-likeness (QED) is 0.539. The Balaban J connectivity index is 1.12. The molecule has 1 amide bonds. The molecule has 2 fully saturated rings. The highest BCUT2D eigenvalue weighted by molar-refractivity contribution is 5.93. The second-order valence-electron chi connectivity index (χ2n) is 9.24. The van der Waals surface area contributed by atoms with Crippen LogP contribution in [0.25, 0.3) is 16.4 Å². The zero-order valence-electron chi connectivity index (χ0n) is 17.3. The third-order valence-electron chi connectivity index (χ3n) is 7.07. The van der Waals surface area contributed by atoms with Gasteiger partial charge in [-0.3, -0.25) is 14.0 Å². The molecular formula is C24H23N5O2. The van der Waals surface area contributed by atoms with E-state index in [-0.39, 0.29) is 22.9 Å². The van der Waals surface area contributed by atoms with Gasteiger partial charge in [0, 0.05) is 23.5 Å². The molecule has 1 aromatic carbocycles. The molecule has 7 heteroatoms. The maximum absolute atomic E-state index is 12.8. The number of fused-ring (bicyclic) bond motifs is 2. The molecule has 3 heterocycles. The van der Waals surface area contributed by atoms with E-state index in [4.69, 9.17) is 0 Å². The SMILES string of the molecule is Cc1ccn2c(C(=O)N[C@H]3CC4(C3)C[C@H](c3n[nH]c(=O)c5ccccc53)C4)cnc2c1. The fraction of sp³-hybridized carbons (Fsp3) is 0.333. The highest BCUT2D eigenvalue weighted by atomic mass is 16.2. The Morgan fingerprint density at radius 1 is 1.16 bits per heavy atom. The van der Waals surface area contributed by atoms with Gasteiger partial charge in [-0.05, 0) is 61.8 Å². The number of hydrogen-bond donors (Lipinski definition) is 2. The normalized spacial score (nSPS) is 24.8. The molecule has 2 saturated carbocycles. The van der Waals surface area contributed by atoms with E-state index in [0.29, 0.717) is 17.0 Å². The second kappa shape index (κ2) is 6.51. The van der Waals surface area contributed by atoms with Gasteiger partial charge in [-0.25, -0.2) is 10.1 Å². The molecule has 0 radical (unpaired) electrons. The van der Waals surface area contributed by atoms with E-state index in [0.717, 1.165) is 48.0 Å². The Morgan fingerprint density at radius 3 is 2.74 bits per heavy atom. The van der Waals surface area contributed by atoms with E-state index >= 15 is 0 Å². The topological polar surface area (TPSA) is 92.1 Å². The van der Waals surface area contributed by atoms with Crippen molar-refractivity contribution in [1.82, 2.24) is 24.9 Å². The van der Waals surface area contributed by atoms with Gasteiger partial charge in [0.2, 0.25) is 0 Å². The van der Waals surface area contributed by atoms with Crippen molar-refractivity contribution < 1.29 is 4.79 Å². The van der Waals surface area contributed by atoms with Gasteiger partial charge < -0.3 is 5.32 Å². The Kier molecular flexibility index (Phi) is 3.84. The first-order chi connectivity index (χ1) is 15.0. The van der Waals surface area contributed by atoms with Gasteiger partial charge in [0.05, 0.1) is 17.3 Å². The summed E-state index contributed by atoms with van der Waals surface area (Å²) in [7, 11) is 0. The van der Waals surface area contributed by atoms with Crippen molar-refractivity contribution in [3.8, 4) is 0 Å². The molecule has 2 N–H and O–H groups in total. The lowest BCUT2D eigenvalue weighted by atomic mass is 9.49. The predicted octanol–water partition coefficient (Wildman–Crippen LogP) is 3.34. The van der Waals surface area contributed by atoms with Crippen LogP contribution in [0.2, 0.25) is 0 Å². The van der Waals surface area contributed by atoms with Crippen molar-refractivity contribution in [1.29, 1.82) is 0 Å². The van der Waals surface area contributed by atoms with Crippen LogP contribution in [0, 0.1) is 12.3 Å². The van der Waals surface area contributed by atoms with Crippen molar-refractivity contribution in [2.75, 3.05) is 0 Å². The van der Waals surface area contributed by atoms with Crippen LogP contribution in [0.4, 0.5) is 0 Å². The molecule has 0 aliphatic heterocycles. The highest BCUT2D eigenvalue weighted by Crippen LogP contribution is 2.62. The van der Waals surface area contributed by atoms with Crippen molar-refractivity contribution in [2.45, 2.75) is 44.6 Å². The van der Waals surface area contributed by atoms with Gasteiger partial charge >= 0.3 is 0 Å². The van der Waals surface area contributed by atoms with Crippen molar-refractivity contribution in [3.05, 3.63) is 76.1 Å². The molecule has 0 bridgehead atoms. The molecule has 31 heavy (non-hydrogen) atoms. The number of imidazole rings is 1. The molecule has 0 saturated heterocycles. The van der Waals surface area contributed by atoms with Crippen molar-refractivity contribution >= 4 is 22.3 Å². The number of aryl methyl sites for hydroxylation is 1. The summed E-state index contributed by atoms with van der Waals surface area (Å²) < 4.78 is 1.84. The lowest BCUT2D eigenvalue weighted by molar-refractivity contribution is -0.0197. The molecule has 4 aromatic rings. The van der Waals surface area contributed by atoms with Crippen LogP contribution in [-0.2, 0) is 0 Å². The third-order valence-corrected chi connectivity index (χ3v) is 7.07. The smallest absolute Gasteiger partial charge is 0.272 e. The van der Waals surface area contributed by atoms with E-state index in [1.165, 1.54) is 0 Å². The Morgan fingerprint density at radius 2 is 1.94 bits per heavy atom. The van der Waals surface area contributed by atoms with Crippen LogP contribution in [0.5, 0.6) is 0 Å². The zero-order chi connectivity index (χ0) is 21.2. The van der Waals surface area contributed by atoms with Gasteiger partial charge in [-0.2, -0.15) is 5.10 Å². The van der Waals surface area contributed by atoms with Crippen LogP contribution in [0.3, 0.4) is 0 Å². The average molecular weight is 413 g/mol. The third kappa shape index (κ3) is 2.87. The molecule has 3 aromatic heterocycles. The Hall–Kier alpha value is -3.48. The van der Waals surface area contributed by atoms with Gasteiger partial charge in [-0.1, -0.05) is 18.2 Å². The largest absolute Gasteiger partial charge is 0.348 e. The van der Waals surface area contributed by atoms with Gasteiger partial charge in [0.25, 0.3) is 11.5 Å². The fourth-order valence-corrected chi connectivity index (χ4v) is 5.56. The molecule has 0 unspecified atom stereocenters. The molecule has 7 nitrogen and oxygen atoms in total. The summed E-state index contributed by atoms with van der Waals surface area (Å²) in [5.74, 6) is 0.292. The molecule has 6 rings (SSSR count). The summed E-state index contributed by atoms with van der Waals surface area (Å²) in [6, 6.07) is 11.8. The Labute approximate surface area is 178 Å². The van der Waals surface area contributed by atoms with E-state index in [2.05, 4.69) is 20.5 Å². The number of aromatic nitrogens is 4. The highest BCUT2D eigenvalue weighted by Gasteiger charge is 2.54. The molecule has 2 aliphatic rings. The number of H-pyrrole nitrogens is 1. The average Bonchev–Trinajstić information content (AvgIpc) is 3.13. The number of amides is 1. The number of rotatable bonds is 3. The van der Waals surface area contributed by atoms with Crippen LogP contribution in [0.15, 0.2) is 53.6 Å². The zero-order valence-corrected chi connectivity index (χ0v) is 17.3. The summed E-state index contributed by atoms with van der Waals surface area (Å²) >= 11 is 0. The number of pyridine rings is 1. The summed E-state index contributed by atoms with van der Waals surface area (Å²) in [4.78, 5) is 29.2. The molecule has 0 atom stereocenters. The first-order valence-electron chi connectivity index (χ1n) is 10.7. The number of nitrogens with one attached hydrogen (secondary N) is 2. The second-order valence-corrected chi connectivity index (χ2v) is 9.24. The number of carbonyl (C=O) groups excluding carboxylic acids is 1. The lowest BCUT2D eigenvalue weighted by Crippen LogP contribution is -2.55. The molecule has 2 aliphatic carbocycles. The number of carbonyl (C=O) groups is 1. The fourth-order valence-electron chi connectivity index (χ4n) is 5.56. The van der Waals surface area contributed by atoms with Crippen LogP contribution in [-0.4, -0.2) is 31.5 Å². The monoisotopic (exact) mass is 413 g/mol. The van der Waals surface area contributed by atoms with Crippen LogP contribution in [0.1, 0.15) is 53.3 Å². The van der Waals surface area contributed by atoms with E-state index in [1.807, 2.05) is 53.9 Å². The van der Waals surface area contributed by atoms with E-state index < -0.39 is 0 Å². The molecule has 156 valence electrons. The van der Waals surface area contributed by atoms with Gasteiger partial charge in [0.1, 0.15) is 11.3 Å². The minimum absolute atomic E-state index is 0.0691. The maximum Gasteiger partial charge on any atom is 0.272 e. The minimum Gasteiger partial charge on any atom is -0.348 e. The standard InChI is InChI=1S/C24H23N5O2/c1-14-6-7-29-19(13-25-20(29)8-14)23(31)26-16-11-24(12-16)9-15(10-24)21-17-4-2-3-5-18(17)22(30)28-27-21/h2-8,13,15-16H,9-12H2,1H3,(H,26,31)(H,28,30)/t15-,16-,24?. The predicted molar refractivity (Wildman–Crippen MR) is 117 cm³/mol. The summed E-state index contributed by atoms with van der Waals surface area (Å²) in [5, 5.41) is 11.9. The summed E-state index contributed by atoms with van der Waals surface area (Å²) in [6.07, 6.45) is 7.63. The van der Waals surface area contributed by atoms with Crippen molar-refractivity contribution in [3.63, 3.8) is 0 Å². The van der Waals surface area contributed by atoms with Crippen LogP contribution < -0.4 is 10.9 Å². The number of nitrogens with zero attached hydrogens (tertiary/aromatic N) is 3. The lowest BCUT2D eigenvalue weighted by Gasteiger charge is -2.57. The number of hydrogen-bond acceptors (Lipinski definition) is 4. The summed E-state index contributed by atoms with van der Waals surface area (Å²) in [5.41, 5.74) is 3.63. The molecular weight excluding hydrogens is 390 g/mol. The molecule has 1 spiro atoms. The van der Waals surface area contributed by atoms with Gasteiger partial charge in [-0.15, -0.1) is 0 Å². The first-order valence-corrected chi connectivity index (χ1v) is 10.7. The number of aromatic amines is 1. The van der Waals surface area contributed by atoms with E-state index in [9.17, 15) is 9.59 Å². The van der Waals surface area contributed by atoms with Gasteiger partial charge in [0.15, 0.2) is 0 Å². The first kappa shape index (κ1) is 18.3. The van der Waals surface area contributed by atoms with E-state index in [1.54, 1.807) is 6.20 Å². The van der Waals surface area contributed by atoms with Crippen molar-refractivity contribution in [2.24, 2.45) is 5.41 Å². The minimum atomic E-state index is -0.137. The summed E-state index contributed by atoms with van der Waals surface area (Å²) in [6.45, 7) is 2.01. The van der Waals surface area contributed by atoms with Crippen LogP contribution >= 0.6 is 0 Å². The number of benzene rings is 1.